The number of aliphatic carboxylic acids is 1. The van der Waals surface area contributed by atoms with E-state index in [9.17, 15) is 18.8 Å². The van der Waals surface area contributed by atoms with E-state index < -0.39 is 24.0 Å². The van der Waals surface area contributed by atoms with Crippen LogP contribution in [0.25, 0.3) is 0 Å². The van der Waals surface area contributed by atoms with Crippen LogP contribution in [0.15, 0.2) is 42.5 Å². The highest BCUT2D eigenvalue weighted by Gasteiger charge is 2.19. The lowest BCUT2D eigenvalue weighted by molar-refractivity contribution is -0.148. The van der Waals surface area contributed by atoms with E-state index in [4.69, 9.17) is 9.84 Å². The smallest absolute Gasteiger partial charge is 0.372 e. The summed E-state index contributed by atoms with van der Waals surface area (Å²) in [5, 5.41) is 8.77. The number of Topliss-reactive ketones (excluding diaryl/α,β-unsaturated/α-hetero) is 2. The van der Waals surface area contributed by atoms with Gasteiger partial charge >= 0.3 is 5.97 Å². The normalized spacial score (nSPS) is 14.5. The van der Waals surface area contributed by atoms with E-state index in [1.54, 1.807) is 24.3 Å². The van der Waals surface area contributed by atoms with E-state index >= 15 is 0 Å². The Balaban J connectivity index is 1.86. The summed E-state index contributed by atoms with van der Waals surface area (Å²) in [6.45, 7) is 3.43. The Hall–Kier alpha value is -2.90. The first-order valence-corrected chi connectivity index (χ1v) is 9.37. The summed E-state index contributed by atoms with van der Waals surface area (Å²) in [5.41, 5.74) is 2.73. The molecule has 0 saturated carbocycles. The fraction of sp³-hybridized carbons (Fsp3) is 0.318. The number of carboxylic acid groups (broad SMARTS) is 1. The summed E-state index contributed by atoms with van der Waals surface area (Å²) in [7, 11) is 0. The summed E-state index contributed by atoms with van der Waals surface area (Å²) < 4.78 is 18.9. The van der Waals surface area contributed by atoms with Crippen molar-refractivity contribution in [2.45, 2.75) is 19.4 Å². The molecule has 6 nitrogen and oxygen atoms in total. The molecule has 0 bridgehead atoms. The maximum atomic E-state index is 13.5. The van der Waals surface area contributed by atoms with Gasteiger partial charge in [-0.2, -0.15) is 0 Å². The van der Waals surface area contributed by atoms with Gasteiger partial charge in [0.15, 0.2) is 5.78 Å². The third-order valence-electron chi connectivity index (χ3n) is 4.74. The Kier molecular flexibility index (Phi) is 6.85. The highest BCUT2D eigenvalue weighted by atomic mass is 19.1. The van der Waals surface area contributed by atoms with E-state index in [1.807, 2.05) is 6.07 Å². The Morgan fingerprint density at radius 2 is 1.72 bits per heavy atom. The fourth-order valence-electron chi connectivity index (χ4n) is 3.34. The number of rotatable bonds is 8. The third kappa shape index (κ3) is 6.04. The van der Waals surface area contributed by atoms with Gasteiger partial charge in [-0.05, 0) is 47.4 Å². The zero-order chi connectivity index (χ0) is 20.8. The molecule has 3 rings (SSSR count). The highest BCUT2D eigenvalue weighted by Crippen LogP contribution is 2.19. The van der Waals surface area contributed by atoms with Crippen molar-refractivity contribution in [2.24, 2.45) is 0 Å². The van der Waals surface area contributed by atoms with Crippen molar-refractivity contribution in [1.82, 2.24) is 4.90 Å². The molecule has 1 fully saturated rings. The molecule has 152 valence electrons. The molecule has 2 aromatic rings. The SMILES string of the molecule is O=C(O)C(=O)CC(=O)c1cc(Cc2cccc(F)c2)cc(CN2CCOCC2)c1. The largest absolute Gasteiger partial charge is 0.475 e. The molecule has 0 aliphatic carbocycles. The van der Waals surface area contributed by atoms with Gasteiger partial charge in [0.25, 0.3) is 0 Å². The van der Waals surface area contributed by atoms with Crippen LogP contribution in [0.4, 0.5) is 4.39 Å². The first kappa shape index (κ1) is 20.8. The van der Waals surface area contributed by atoms with Gasteiger partial charge in [-0.3, -0.25) is 14.5 Å². The topological polar surface area (TPSA) is 83.9 Å². The lowest BCUT2D eigenvalue weighted by Crippen LogP contribution is -2.35. The predicted octanol–water partition coefficient (Wildman–Crippen LogP) is 2.48. The molecule has 0 amide bonds. The molecule has 1 aliphatic rings. The second-order valence-corrected chi connectivity index (χ2v) is 7.06. The lowest BCUT2D eigenvalue weighted by Gasteiger charge is -2.27. The van der Waals surface area contributed by atoms with Crippen LogP contribution < -0.4 is 0 Å². The standard InChI is InChI=1S/C22H22FNO5/c23-19-3-1-2-15(12-19)8-16-9-17(14-24-4-6-29-7-5-24)11-18(10-16)20(25)13-21(26)22(27)28/h1-3,9-12H,4-8,13-14H2,(H,27,28). The van der Waals surface area contributed by atoms with Crippen LogP contribution in [-0.4, -0.2) is 53.8 Å². The zero-order valence-electron chi connectivity index (χ0n) is 15.9. The summed E-state index contributed by atoms with van der Waals surface area (Å²) in [6.07, 6.45) is -0.266. The molecule has 29 heavy (non-hydrogen) atoms. The molecule has 1 heterocycles. The van der Waals surface area contributed by atoms with Gasteiger partial charge in [-0.15, -0.1) is 0 Å². The Bertz CT molecular complexity index is 921. The van der Waals surface area contributed by atoms with Crippen LogP contribution >= 0.6 is 0 Å². The number of carboxylic acids is 1. The quantitative estimate of drug-likeness (QED) is 0.417. The monoisotopic (exact) mass is 399 g/mol. The van der Waals surface area contributed by atoms with Gasteiger partial charge in [-0.1, -0.05) is 18.2 Å². The van der Waals surface area contributed by atoms with Crippen molar-refractivity contribution < 1.29 is 28.6 Å². The van der Waals surface area contributed by atoms with Crippen LogP contribution in [0.2, 0.25) is 0 Å². The van der Waals surface area contributed by atoms with Crippen molar-refractivity contribution >= 4 is 17.5 Å². The van der Waals surface area contributed by atoms with E-state index in [2.05, 4.69) is 4.90 Å². The van der Waals surface area contributed by atoms with Crippen LogP contribution in [0.5, 0.6) is 0 Å². The van der Waals surface area contributed by atoms with Gasteiger partial charge < -0.3 is 9.84 Å². The van der Waals surface area contributed by atoms with Crippen molar-refractivity contribution in [2.75, 3.05) is 26.3 Å². The first-order chi connectivity index (χ1) is 13.9. The summed E-state index contributed by atoms with van der Waals surface area (Å²) >= 11 is 0. The summed E-state index contributed by atoms with van der Waals surface area (Å²) in [5.74, 6) is -3.64. The summed E-state index contributed by atoms with van der Waals surface area (Å²) in [6, 6.07) is 11.5. The van der Waals surface area contributed by atoms with Crippen LogP contribution in [0.1, 0.15) is 33.5 Å². The van der Waals surface area contributed by atoms with E-state index in [0.717, 1.165) is 29.8 Å². The van der Waals surface area contributed by atoms with Crippen LogP contribution in [0, 0.1) is 5.82 Å². The van der Waals surface area contributed by atoms with Crippen molar-refractivity contribution in [1.29, 1.82) is 0 Å². The van der Waals surface area contributed by atoms with Gasteiger partial charge in [0, 0.05) is 25.2 Å². The molecular weight excluding hydrogens is 377 g/mol. The minimum atomic E-state index is -1.62. The lowest BCUT2D eigenvalue weighted by atomic mass is 9.96. The molecule has 7 heteroatoms. The molecule has 1 saturated heterocycles. The van der Waals surface area contributed by atoms with Crippen LogP contribution in [-0.2, 0) is 27.3 Å². The number of carbonyl (C=O) groups is 3. The number of ketones is 2. The van der Waals surface area contributed by atoms with E-state index in [-0.39, 0.29) is 11.4 Å². The molecule has 1 N–H and O–H groups in total. The maximum absolute atomic E-state index is 13.5. The number of hydrogen-bond donors (Lipinski definition) is 1. The molecule has 2 aromatic carbocycles. The number of carbonyl (C=O) groups excluding carboxylic acids is 2. The van der Waals surface area contributed by atoms with E-state index in [0.29, 0.717) is 26.2 Å². The number of hydrogen-bond acceptors (Lipinski definition) is 5. The molecule has 0 aromatic heterocycles. The minimum absolute atomic E-state index is 0.289. The van der Waals surface area contributed by atoms with Crippen molar-refractivity contribution in [3.63, 3.8) is 0 Å². The molecule has 0 unspecified atom stereocenters. The second kappa shape index (κ2) is 9.54. The Morgan fingerprint density at radius 3 is 2.41 bits per heavy atom. The average molecular weight is 399 g/mol. The van der Waals surface area contributed by atoms with Crippen LogP contribution in [0.3, 0.4) is 0 Å². The highest BCUT2D eigenvalue weighted by molar-refractivity contribution is 6.37. The molecule has 1 aliphatic heterocycles. The Labute approximate surface area is 167 Å². The Morgan fingerprint density at radius 1 is 1.00 bits per heavy atom. The second-order valence-electron chi connectivity index (χ2n) is 7.06. The maximum Gasteiger partial charge on any atom is 0.372 e. The van der Waals surface area contributed by atoms with Gasteiger partial charge in [0.2, 0.25) is 5.78 Å². The van der Waals surface area contributed by atoms with Gasteiger partial charge in [0.05, 0.1) is 19.6 Å². The van der Waals surface area contributed by atoms with Crippen molar-refractivity contribution in [3.05, 3.63) is 70.5 Å². The molecule has 0 atom stereocenters. The van der Waals surface area contributed by atoms with E-state index in [1.165, 1.54) is 12.1 Å². The number of morpholine rings is 1. The molecule has 0 radical (unpaired) electrons. The molecular formula is C22H22FNO5. The third-order valence-corrected chi connectivity index (χ3v) is 4.74. The number of nitrogens with zero attached hydrogens (tertiary/aromatic N) is 1. The first-order valence-electron chi connectivity index (χ1n) is 9.37. The van der Waals surface area contributed by atoms with Gasteiger partial charge in [-0.25, -0.2) is 9.18 Å². The predicted molar refractivity (Wildman–Crippen MR) is 103 cm³/mol. The number of ether oxygens (including phenoxy) is 1. The number of benzene rings is 2. The average Bonchev–Trinajstić information content (AvgIpc) is 2.68. The molecule has 0 spiro atoms. The fourth-order valence-corrected chi connectivity index (χ4v) is 3.34. The minimum Gasteiger partial charge on any atom is -0.475 e. The zero-order valence-corrected chi connectivity index (χ0v) is 15.9. The van der Waals surface area contributed by atoms with Gasteiger partial charge in [0.1, 0.15) is 5.82 Å². The number of halogens is 1. The van der Waals surface area contributed by atoms with Crippen molar-refractivity contribution in [3.8, 4) is 0 Å². The summed E-state index contributed by atoms with van der Waals surface area (Å²) in [4.78, 5) is 36.9.